The number of benzene rings is 2. The molecule has 0 spiro atoms. The average molecular weight is 344 g/mol. The number of halogens is 2. The van der Waals surface area contributed by atoms with E-state index in [1.54, 1.807) is 48.6 Å². The quantitative estimate of drug-likeness (QED) is 0.691. The molecule has 0 radical (unpaired) electrons. The molecule has 0 saturated carbocycles. The molecule has 0 amide bonds. The lowest BCUT2D eigenvalue weighted by Gasteiger charge is -2.04. The highest BCUT2D eigenvalue weighted by molar-refractivity contribution is 6.42. The molecular weight excluding hydrogens is 333 g/mol. The highest BCUT2D eigenvalue weighted by atomic mass is 35.5. The van der Waals surface area contributed by atoms with Crippen LogP contribution in [0.3, 0.4) is 0 Å². The molecule has 0 atom stereocenters. The first-order valence-electron chi connectivity index (χ1n) is 6.81. The minimum atomic E-state index is -0.987. The van der Waals surface area contributed by atoms with Crippen LogP contribution in [0, 0.1) is 0 Å². The van der Waals surface area contributed by atoms with Crippen LogP contribution in [0.25, 0.3) is 23.1 Å². The van der Waals surface area contributed by atoms with Crippen LogP contribution in [-0.4, -0.2) is 16.1 Å². The second-order valence-corrected chi connectivity index (χ2v) is 5.68. The number of nitrogens with zero attached hydrogens (tertiary/aromatic N) is 1. The van der Waals surface area contributed by atoms with E-state index in [9.17, 15) is 9.90 Å². The fraction of sp³-hybridized carbons (Fsp3) is 0. The Morgan fingerprint density at radius 3 is 2.61 bits per heavy atom. The number of rotatable bonds is 3. The van der Waals surface area contributed by atoms with Crippen molar-refractivity contribution in [1.29, 1.82) is 0 Å². The molecule has 5 heteroatoms. The van der Waals surface area contributed by atoms with E-state index in [4.69, 9.17) is 23.2 Å². The molecule has 3 rings (SSSR count). The minimum Gasteiger partial charge on any atom is -0.478 e. The van der Waals surface area contributed by atoms with Gasteiger partial charge in [-0.15, -0.1) is 0 Å². The summed E-state index contributed by atoms with van der Waals surface area (Å²) in [5.74, 6) is -0.987. The van der Waals surface area contributed by atoms with E-state index in [0.717, 1.165) is 5.56 Å². The van der Waals surface area contributed by atoms with Crippen molar-refractivity contribution in [2.45, 2.75) is 0 Å². The van der Waals surface area contributed by atoms with E-state index in [0.29, 0.717) is 26.6 Å². The van der Waals surface area contributed by atoms with Crippen LogP contribution < -0.4 is 0 Å². The molecule has 2 aromatic carbocycles. The predicted octanol–water partition coefficient (Wildman–Crippen LogP) is 5.41. The maximum atomic E-state index is 11.4. The van der Waals surface area contributed by atoms with Crippen LogP contribution in [-0.2, 0) is 0 Å². The molecule has 3 nitrogen and oxygen atoms in total. The molecule has 114 valence electrons. The topological polar surface area (TPSA) is 50.2 Å². The van der Waals surface area contributed by atoms with Gasteiger partial charge in [-0.3, -0.25) is 0 Å². The zero-order valence-corrected chi connectivity index (χ0v) is 13.3. The van der Waals surface area contributed by atoms with E-state index >= 15 is 0 Å². The first-order chi connectivity index (χ1) is 11.1. The zero-order chi connectivity index (χ0) is 16.4. The van der Waals surface area contributed by atoms with Crippen molar-refractivity contribution in [2.24, 2.45) is 0 Å². The van der Waals surface area contributed by atoms with Crippen molar-refractivity contribution >= 4 is 52.2 Å². The number of para-hydroxylation sites is 1. The summed E-state index contributed by atoms with van der Waals surface area (Å²) in [6, 6.07) is 14.0. The van der Waals surface area contributed by atoms with Gasteiger partial charge in [-0.2, -0.15) is 0 Å². The molecule has 0 aliphatic rings. The summed E-state index contributed by atoms with van der Waals surface area (Å²) in [6.45, 7) is 0. The first kappa shape index (κ1) is 15.5. The second-order valence-electron chi connectivity index (χ2n) is 4.89. The van der Waals surface area contributed by atoms with Crippen molar-refractivity contribution in [3.05, 3.63) is 75.4 Å². The fourth-order valence-electron chi connectivity index (χ4n) is 2.28. The molecular formula is C18H11Cl2NO2. The van der Waals surface area contributed by atoms with E-state index in [1.807, 2.05) is 12.1 Å². The number of carbonyl (C=O) groups is 1. The highest BCUT2D eigenvalue weighted by Crippen LogP contribution is 2.27. The van der Waals surface area contributed by atoms with E-state index < -0.39 is 5.97 Å². The number of aromatic nitrogens is 1. The normalized spacial score (nSPS) is 11.2. The van der Waals surface area contributed by atoms with Gasteiger partial charge in [0.1, 0.15) is 0 Å². The molecule has 1 heterocycles. The minimum absolute atomic E-state index is 0.215. The van der Waals surface area contributed by atoms with Crippen LogP contribution in [0.15, 0.2) is 48.5 Å². The lowest BCUT2D eigenvalue weighted by atomic mass is 10.1. The van der Waals surface area contributed by atoms with Crippen LogP contribution >= 0.6 is 23.2 Å². The zero-order valence-electron chi connectivity index (χ0n) is 11.8. The van der Waals surface area contributed by atoms with Crippen LogP contribution in [0.1, 0.15) is 21.6 Å². The SMILES string of the molecule is O=C(O)c1cc(C=Cc2cccc(Cl)c2Cl)nc2ccccc12. The van der Waals surface area contributed by atoms with Crippen molar-refractivity contribution in [1.82, 2.24) is 4.98 Å². The van der Waals surface area contributed by atoms with Gasteiger partial charge in [0.2, 0.25) is 0 Å². The van der Waals surface area contributed by atoms with Gasteiger partial charge in [-0.1, -0.05) is 59.6 Å². The summed E-state index contributed by atoms with van der Waals surface area (Å²) in [7, 11) is 0. The molecule has 0 aliphatic carbocycles. The number of hydrogen-bond donors (Lipinski definition) is 1. The van der Waals surface area contributed by atoms with Gasteiger partial charge in [-0.05, 0) is 29.8 Å². The monoisotopic (exact) mass is 343 g/mol. The third-order valence-electron chi connectivity index (χ3n) is 3.38. The maximum absolute atomic E-state index is 11.4. The van der Waals surface area contributed by atoms with Crippen LogP contribution in [0.4, 0.5) is 0 Å². The number of carboxylic acid groups (broad SMARTS) is 1. The Morgan fingerprint density at radius 1 is 1.04 bits per heavy atom. The van der Waals surface area contributed by atoms with Gasteiger partial charge in [-0.25, -0.2) is 9.78 Å². The second kappa shape index (κ2) is 6.41. The highest BCUT2D eigenvalue weighted by Gasteiger charge is 2.10. The molecule has 0 unspecified atom stereocenters. The van der Waals surface area contributed by atoms with Gasteiger partial charge >= 0.3 is 5.97 Å². The molecule has 0 saturated heterocycles. The van der Waals surface area contributed by atoms with Crippen molar-refractivity contribution < 1.29 is 9.90 Å². The third-order valence-corrected chi connectivity index (χ3v) is 4.22. The number of pyridine rings is 1. The van der Waals surface area contributed by atoms with Crippen molar-refractivity contribution in [3.63, 3.8) is 0 Å². The van der Waals surface area contributed by atoms with Crippen LogP contribution in [0.5, 0.6) is 0 Å². The summed E-state index contributed by atoms with van der Waals surface area (Å²) < 4.78 is 0. The number of carboxylic acids is 1. The predicted molar refractivity (Wildman–Crippen MR) is 94.1 cm³/mol. The lowest BCUT2D eigenvalue weighted by molar-refractivity contribution is 0.0699. The van der Waals surface area contributed by atoms with Crippen molar-refractivity contribution in [3.8, 4) is 0 Å². The van der Waals surface area contributed by atoms with E-state index in [-0.39, 0.29) is 5.56 Å². The van der Waals surface area contributed by atoms with Gasteiger partial charge < -0.3 is 5.11 Å². The molecule has 1 N–H and O–H groups in total. The first-order valence-corrected chi connectivity index (χ1v) is 7.57. The standard InChI is InChI=1S/C18H11Cl2NO2/c19-15-6-3-4-11(17(15)20)8-9-12-10-14(18(22)23)13-5-1-2-7-16(13)21-12/h1-10H,(H,22,23). The van der Waals surface area contributed by atoms with E-state index in [2.05, 4.69) is 4.98 Å². The Labute approximate surface area is 142 Å². The molecule has 3 aromatic rings. The van der Waals surface area contributed by atoms with Gasteiger partial charge in [0.05, 0.1) is 26.8 Å². The van der Waals surface area contributed by atoms with Gasteiger partial charge in [0, 0.05) is 5.39 Å². The summed E-state index contributed by atoms with van der Waals surface area (Å²) in [4.78, 5) is 15.9. The lowest BCUT2D eigenvalue weighted by Crippen LogP contribution is -2.00. The smallest absolute Gasteiger partial charge is 0.336 e. The summed E-state index contributed by atoms with van der Waals surface area (Å²) >= 11 is 12.1. The summed E-state index contributed by atoms with van der Waals surface area (Å²) in [5, 5.41) is 10.9. The Morgan fingerprint density at radius 2 is 1.83 bits per heavy atom. The molecule has 0 aliphatic heterocycles. The Bertz CT molecular complexity index is 935. The Balaban J connectivity index is 2.08. The van der Waals surface area contributed by atoms with Crippen molar-refractivity contribution in [2.75, 3.05) is 0 Å². The number of fused-ring (bicyclic) bond motifs is 1. The number of aromatic carboxylic acids is 1. The Kier molecular flexibility index (Phi) is 4.33. The largest absolute Gasteiger partial charge is 0.478 e. The Hall–Kier alpha value is -2.36. The third kappa shape index (κ3) is 3.21. The molecule has 23 heavy (non-hydrogen) atoms. The van der Waals surface area contributed by atoms with Gasteiger partial charge in [0.25, 0.3) is 0 Å². The summed E-state index contributed by atoms with van der Waals surface area (Å²) in [6.07, 6.45) is 3.48. The molecule has 0 fully saturated rings. The average Bonchev–Trinajstić information content (AvgIpc) is 2.55. The fourth-order valence-corrected chi connectivity index (χ4v) is 2.65. The summed E-state index contributed by atoms with van der Waals surface area (Å²) in [5.41, 5.74) is 2.12. The number of hydrogen-bond acceptors (Lipinski definition) is 2. The van der Waals surface area contributed by atoms with Gasteiger partial charge in [0.15, 0.2) is 0 Å². The molecule has 1 aromatic heterocycles. The maximum Gasteiger partial charge on any atom is 0.336 e. The molecule has 0 bridgehead atoms. The van der Waals surface area contributed by atoms with E-state index in [1.165, 1.54) is 0 Å². The van der Waals surface area contributed by atoms with Crippen LogP contribution in [0.2, 0.25) is 10.0 Å².